The van der Waals surface area contributed by atoms with Gasteiger partial charge in [0.1, 0.15) is 0 Å². The summed E-state index contributed by atoms with van der Waals surface area (Å²) >= 11 is 0. The van der Waals surface area contributed by atoms with E-state index in [4.69, 9.17) is 0 Å². The zero-order valence-corrected chi connectivity index (χ0v) is 11.6. The van der Waals surface area contributed by atoms with Gasteiger partial charge in [0.15, 0.2) is 0 Å². The van der Waals surface area contributed by atoms with Crippen molar-refractivity contribution >= 4 is 0 Å². The third-order valence-corrected chi connectivity index (χ3v) is 2.99. The molecule has 0 heterocycles. The van der Waals surface area contributed by atoms with E-state index in [1.54, 1.807) is 0 Å². The Morgan fingerprint density at radius 3 is 2.35 bits per heavy atom. The number of hydrogen-bond acceptors (Lipinski definition) is 1. The van der Waals surface area contributed by atoms with Gasteiger partial charge < -0.3 is 5.32 Å². The van der Waals surface area contributed by atoms with Crippen LogP contribution in [0.5, 0.6) is 0 Å². The van der Waals surface area contributed by atoms with E-state index in [-0.39, 0.29) is 0 Å². The van der Waals surface area contributed by atoms with Gasteiger partial charge in [0.2, 0.25) is 0 Å². The molecule has 0 bridgehead atoms. The lowest BCUT2D eigenvalue weighted by Crippen LogP contribution is -2.20. The molecule has 0 saturated heterocycles. The molecule has 0 aromatic heterocycles. The first kappa shape index (κ1) is 14.2. The van der Waals surface area contributed by atoms with Crippen LogP contribution in [0.2, 0.25) is 0 Å². The fraction of sp³-hybridized carbons (Fsp3) is 0.625. The van der Waals surface area contributed by atoms with Crippen LogP contribution in [0, 0.1) is 12.8 Å². The Morgan fingerprint density at radius 1 is 1.00 bits per heavy atom. The number of aryl methyl sites for hydroxylation is 2. The molecule has 0 radical (unpaired) electrons. The van der Waals surface area contributed by atoms with Crippen molar-refractivity contribution < 1.29 is 0 Å². The molecule has 0 amide bonds. The summed E-state index contributed by atoms with van der Waals surface area (Å²) in [5.41, 5.74) is 2.83. The van der Waals surface area contributed by atoms with Gasteiger partial charge in [-0.2, -0.15) is 0 Å². The lowest BCUT2D eigenvalue weighted by Gasteiger charge is -2.07. The van der Waals surface area contributed by atoms with Crippen LogP contribution >= 0.6 is 0 Å². The van der Waals surface area contributed by atoms with Crippen LogP contribution in [0.1, 0.15) is 44.2 Å². The summed E-state index contributed by atoms with van der Waals surface area (Å²) in [4.78, 5) is 0. The molecule has 0 spiro atoms. The van der Waals surface area contributed by atoms with Gasteiger partial charge in [-0.05, 0) is 50.8 Å². The minimum Gasteiger partial charge on any atom is -0.316 e. The highest BCUT2D eigenvalue weighted by atomic mass is 14.8. The van der Waals surface area contributed by atoms with Crippen molar-refractivity contribution in [3.05, 3.63) is 35.4 Å². The predicted octanol–water partition coefficient (Wildman–Crippen LogP) is 3.95. The molecular weight excluding hydrogens is 206 g/mol. The average Bonchev–Trinajstić information content (AvgIpc) is 2.30. The van der Waals surface area contributed by atoms with Gasteiger partial charge in [-0.15, -0.1) is 0 Å². The third kappa shape index (κ3) is 7.17. The Kier molecular flexibility index (Phi) is 6.95. The second kappa shape index (κ2) is 8.30. The first-order valence-corrected chi connectivity index (χ1v) is 6.94. The summed E-state index contributed by atoms with van der Waals surface area (Å²) < 4.78 is 0. The number of benzene rings is 1. The largest absolute Gasteiger partial charge is 0.316 e. The van der Waals surface area contributed by atoms with Crippen LogP contribution in [0.3, 0.4) is 0 Å². The zero-order chi connectivity index (χ0) is 12.5. The van der Waals surface area contributed by atoms with E-state index < -0.39 is 0 Å². The van der Waals surface area contributed by atoms with Gasteiger partial charge in [-0.25, -0.2) is 0 Å². The highest BCUT2D eigenvalue weighted by molar-refractivity contribution is 5.21. The predicted molar refractivity (Wildman–Crippen MR) is 76.4 cm³/mol. The lowest BCUT2D eigenvalue weighted by molar-refractivity contribution is 0.530. The smallest absolute Gasteiger partial charge is 0.00258 e. The minimum atomic E-state index is 0.766. The molecule has 96 valence electrons. The van der Waals surface area contributed by atoms with Crippen LogP contribution in [-0.4, -0.2) is 13.1 Å². The van der Waals surface area contributed by atoms with Gasteiger partial charge in [0.25, 0.3) is 0 Å². The van der Waals surface area contributed by atoms with Gasteiger partial charge >= 0.3 is 0 Å². The quantitative estimate of drug-likeness (QED) is 0.670. The Bertz CT molecular complexity index is 287. The molecule has 0 atom stereocenters. The summed E-state index contributed by atoms with van der Waals surface area (Å²) in [7, 11) is 0. The molecule has 0 fully saturated rings. The molecule has 1 heteroatoms. The van der Waals surface area contributed by atoms with E-state index in [1.165, 1.54) is 43.4 Å². The van der Waals surface area contributed by atoms with Crippen LogP contribution in [0.15, 0.2) is 24.3 Å². The Labute approximate surface area is 107 Å². The Morgan fingerprint density at radius 2 is 1.71 bits per heavy atom. The summed E-state index contributed by atoms with van der Waals surface area (Å²) in [6.07, 6.45) is 5.18. The topological polar surface area (TPSA) is 12.0 Å². The van der Waals surface area contributed by atoms with Crippen LogP contribution in [0.25, 0.3) is 0 Å². The lowest BCUT2D eigenvalue weighted by atomic mass is 10.1. The maximum atomic E-state index is 3.49. The average molecular weight is 233 g/mol. The van der Waals surface area contributed by atoms with E-state index >= 15 is 0 Å². The maximum absolute atomic E-state index is 3.49. The van der Waals surface area contributed by atoms with Crippen molar-refractivity contribution in [2.24, 2.45) is 5.92 Å². The Balaban J connectivity index is 1.99. The first-order valence-electron chi connectivity index (χ1n) is 6.94. The number of hydrogen-bond donors (Lipinski definition) is 1. The van der Waals surface area contributed by atoms with Crippen molar-refractivity contribution in [3.8, 4) is 0 Å². The van der Waals surface area contributed by atoms with Crippen LogP contribution in [0.4, 0.5) is 0 Å². The molecule has 0 unspecified atom stereocenters. The minimum absolute atomic E-state index is 0.766. The summed E-state index contributed by atoms with van der Waals surface area (Å²) in [6.45, 7) is 8.98. The number of unbranched alkanes of at least 4 members (excludes halogenated alkanes) is 2. The Hall–Kier alpha value is -0.820. The highest BCUT2D eigenvalue weighted by Crippen LogP contribution is 2.08. The third-order valence-electron chi connectivity index (χ3n) is 2.99. The molecule has 1 nitrogen and oxygen atoms in total. The van der Waals surface area contributed by atoms with E-state index in [0.717, 1.165) is 12.5 Å². The van der Waals surface area contributed by atoms with Gasteiger partial charge in [0.05, 0.1) is 0 Å². The van der Waals surface area contributed by atoms with Crippen molar-refractivity contribution in [2.75, 3.05) is 13.1 Å². The summed E-state index contributed by atoms with van der Waals surface area (Å²) in [5, 5.41) is 3.49. The van der Waals surface area contributed by atoms with Gasteiger partial charge in [0, 0.05) is 0 Å². The second-order valence-corrected chi connectivity index (χ2v) is 5.39. The molecule has 1 rings (SSSR count). The molecule has 17 heavy (non-hydrogen) atoms. The summed E-state index contributed by atoms with van der Waals surface area (Å²) in [5.74, 6) is 0.766. The van der Waals surface area contributed by atoms with Gasteiger partial charge in [-0.1, -0.05) is 50.1 Å². The van der Waals surface area contributed by atoms with Crippen molar-refractivity contribution in [1.82, 2.24) is 5.32 Å². The number of nitrogens with one attached hydrogen (secondary N) is 1. The van der Waals surface area contributed by atoms with Crippen LogP contribution in [-0.2, 0) is 6.42 Å². The molecule has 0 aliphatic heterocycles. The molecule has 1 aromatic carbocycles. The summed E-state index contributed by atoms with van der Waals surface area (Å²) in [6, 6.07) is 8.93. The number of rotatable bonds is 8. The molecule has 0 saturated carbocycles. The molecular formula is C16H27N. The second-order valence-electron chi connectivity index (χ2n) is 5.39. The standard InChI is InChI=1S/C16H27N/c1-14(2)13-17-12-6-4-5-7-16-10-8-15(3)9-11-16/h8-11,14,17H,4-7,12-13H2,1-3H3. The maximum Gasteiger partial charge on any atom is -0.00258 e. The normalized spacial score (nSPS) is 11.1. The van der Waals surface area contributed by atoms with Crippen molar-refractivity contribution in [2.45, 2.75) is 46.5 Å². The van der Waals surface area contributed by atoms with E-state index in [1.807, 2.05) is 0 Å². The van der Waals surface area contributed by atoms with E-state index in [2.05, 4.69) is 50.4 Å². The van der Waals surface area contributed by atoms with Crippen LogP contribution < -0.4 is 5.32 Å². The fourth-order valence-corrected chi connectivity index (χ4v) is 1.90. The van der Waals surface area contributed by atoms with E-state index in [0.29, 0.717) is 0 Å². The van der Waals surface area contributed by atoms with Crippen molar-refractivity contribution in [1.29, 1.82) is 0 Å². The SMILES string of the molecule is Cc1ccc(CCCCCNCC(C)C)cc1. The zero-order valence-electron chi connectivity index (χ0n) is 11.6. The molecule has 0 aliphatic carbocycles. The molecule has 0 aliphatic rings. The highest BCUT2D eigenvalue weighted by Gasteiger charge is 1.95. The van der Waals surface area contributed by atoms with Crippen molar-refractivity contribution in [3.63, 3.8) is 0 Å². The van der Waals surface area contributed by atoms with E-state index in [9.17, 15) is 0 Å². The molecule has 1 aromatic rings. The first-order chi connectivity index (χ1) is 8.18. The monoisotopic (exact) mass is 233 g/mol. The molecule has 1 N–H and O–H groups in total. The van der Waals surface area contributed by atoms with Gasteiger partial charge in [-0.3, -0.25) is 0 Å². The fourth-order valence-electron chi connectivity index (χ4n) is 1.90.